The van der Waals surface area contributed by atoms with Crippen LogP contribution in [0, 0.1) is 0 Å². The first-order valence-electron chi connectivity index (χ1n) is 9.00. The smallest absolute Gasteiger partial charge is 0.190 e. The number of nitrogens with zero attached hydrogens (tertiary/aromatic N) is 1. The minimum atomic E-state index is 0. The molecule has 0 atom stereocenters. The SMILES string of the molecule is CCOCCCCNC(=NC)NCCCOC1CCCCC1.I. The summed E-state index contributed by atoms with van der Waals surface area (Å²) in [5.41, 5.74) is 0. The third-order valence-corrected chi connectivity index (χ3v) is 3.95. The number of nitrogens with one attached hydrogen (secondary N) is 2. The summed E-state index contributed by atoms with van der Waals surface area (Å²) in [5.74, 6) is 0.883. The summed E-state index contributed by atoms with van der Waals surface area (Å²) < 4.78 is 11.2. The standard InChI is InChI=1S/C17H35N3O2.HI/c1-3-21-14-8-7-12-19-17(18-2)20-13-9-15-22-16-10-5-4-6-11-16;/h16H,3-15H2,1-2H3,(H2,18,19,20);1H. The van der Waals surface area contributed by atoms with Gasteiger partial charge in [-0.2, -0.15) is 0 Å². The Labute approximate surface area is 159 Å². The zero-order valence-electron chi connectivity index (χ0n) is 14.9. The molecule has 0 amide bonds. The van der Waals surface area contributed by atoms with Gasteiger partial charge in [-0.1, -0.05) is 19.3 Å². The number of halogens is 1. The number of hydrogen-bond donors (Lipinski definition) is 2. The van der Waals surface area contributed by atoms with Gasteiger partial charge in [0.1, 0.15) is 0 Å². The van der Waals surface area contributed by atoms with E-state index < -0.39 is 0 Å². The molecule has 0 aromatic carbocycles. The molecule has 0 saturated heterocycles. The highest BCUT2D eigenvalue weighted by atomic mass is 127. The minimum absolute atomic E-state index is 0. The van der Waals surface area contributed by atoms with E-state index in [-0.39, 0.29) is 24.0 Å². The summed E-state index contributed by atoms with van der Waals surface area (Å²) >= 11 is 0. The van der Waals surface area contributed by atoms with Crippen molar-refractivity contribution in [3.05, 3.63) is 0 Å². The van der Waals surface area contributed by atoms with Gasteiger partial charge >= 0.3 is 0 Å². The number of aliphatic imine (C=N–C) groups is 1. The summed E-state index contributed by atoms with van der Waals surface area (Å²) in [6, 6.07) is 0. The van der Waals surface area contributed by atoms with Crippen molar-refractivity contribution in [3.8, 4) is 0 Å². The van der Waals surface area contributed by atoms with Crippen molar-refractivity contribution in [2.45, 2.75) is 64.4 Å². The average molecular weight is 441 g/mol. The highest BCUT2D eigenvalue weighted by Crippen LogP contribution is 2.20. The van der Waals surface area contributed by atoms with Crippen LogP contribution in [0.5, 0.6) is 0 Å². The number of hydrogen-bond acceptors (Lipinski definition) is 3. The van der Waals surface area contributed by atoms with Crippen LogP contribution in [0.1, 0.15) is 58.3 Å². The molecule has 23 heavy (non-hydrogen) atoms. The second-order valence-corrected chi connectivity index (χ2v) is 5.81. The molecular weight excluding hydrogens is 405 g/mol. The number of unbranched alkanes of at least 4 members (excludes halogenated alkanes) is 1. The quantitative estimate of drug-likeness (QED) is 0.224. The summed E-state index contributed by atoms with van der Waals surface area (Å²) in [5, 5.41) is 6.67. The second kappa shape index (κ2) is 16.8. The van der Waals surface area contributed by atoms with Crippen LogP contribution in [0.15, 0.2) is 4.99 Å². The van der Waals surface area contributed by atoms with E-state index in [1.54, 1.807) is 0 Å². The fraction of sp³-hybridized carbons (Fsp3) is 0.941. The molecule has 1 rings (SSSR count). The Hall–Kier alpha value is -0.0800. The molecule has 0 spiro atoms. The third kappa shape index (κ3) is 12.9. The highest BCUT2D eigenvalue weighted by molar-refractivity contribution is 14.0. The van der Waals surface area contributed by atoms with Crippen molar-refractivity contribution >= 4 is 29.9 Å². The normalized spacial score (nSPS) is 16.0. The molecule has 5 nitrogen and oxygen atoms in total. The van der Waals surface area contributed by atoms with Crippen molar-refractivity contribution in [1.29, 1.82) is 0 Å². The minimum Gasteiger partial charge on any atom is -0.382 e. The van der Waals surface area contributed by atoms with Crippen LogP contribution in [-0.4, -0.2) is 52.0 Å². The van der Waals surface area contributed by atoms with Gasteiger partial charge in [0, 0.05) is 40.0 Å². The molecule has 1 aliphatic rings. The first-order valence-corrected chi connectivity index (χ1v) is 9.00. The molecule has 0 unspecified atom stereocenters. The van der Waals surface area contributed by atoms with E-state index in [0.29, 0.717) is 6.10 Å². The monoisotopic (exact) mass is 441 g/mol. The molecule has 1 aliphatic carbocycles. The molecule has 138 valence electrons. The van der Waals surface area contributed by atoms with Gasteiger partial charge in [0.25, 0.3) is 0 Å². The second-order valence-electron chi connectivity index (χ2n) is 5.81. The van der Waals surface area contributed by atoms with E-state index in [4.69, 9.17) is 9.47 Å². The first-order chi connectivity index (χ1) is 10.9. The predicted molar refractivity (Wildman–Crippen MR) is 108 cm³/mol. The lowest BCUT2D eigenvalue weighted by molar-refractivity contribution is 0.0277. The largest absolute Gasteiger partial charge is 0.382 e. The first kappa shape index (κ1) is 22.9. The van der Waals surface area contributed by atoms with Crippen molar-refractivity contribution in [2.24, 2.45) is 4.99 Å². The zero-order chi connectivity index (χ0) is 15.9. The Morgan fingerprint density at radius 2 is 1.70 bits per heavy atom. The summed E-state index contributed by atoms with van der Waals surface area (Å²) in [6.45, 7) is 6.38. The number of guanidine groups is 1. The zero-order valence-corrected chi connectivity index (χ0v) is 17.3. The molecule has 0 heterocycles. The van der Waals surface area contributed by atoms with Crippen molar-refractivity contribution in [1.82, 2.24) is 10.6 Å². The van der Waals surface area contributed by atoms with Crippen LogP contribution in [0.3, 0.4) is 0 Å². The Balaban J connectivity index is 0.00000484. The van der Waals surface area contributed by atoms with Crippen molar-refractivity contribution in [3.63, 3.8) is 0 Å². The topological polar surface area (TPSA) is 54.9 Å². The van der Waals surface area contributed by atoms with E-state index in [1.807, 2.05) is 14.0 Å². The van der Waals surface area contributed by atoms with E-state index in [2.05, 4.69) is 15.6 Å². The van der Waals surface area contributed by atoms with Crippen molar-refractivity contribution < 1.29 is 9.47 Å². The molecule has 0 aromatic rings. The molecule has 0 aliphatic heterocycles. The molecular formula is C17H36IN3O2. The van der Waals surface area contributed by atoms with E-state index in [9.17, 15) is 0 Å². The van der Waals surface area contributed by atoms with Crippen LogP contribution in [-0.2, 0) is 9.47 Å². The summed E-state index contributed by atoms with van der Waals surface area (Å²) in [7, 11) is 1.81. The predicted octanol–water partition coefficient (Wildman–Crippen LogP) is 3.33. The highest BCUT2D eigenvalue weighted by Gasteiger charge is 2.12. The number of ether oxygens (including phenoxy) is 2. The van der Waals surface area contributed by atoms with Gasteiger partial charge in [-0.15, -0.1) is 24.0 Å². The van der Waals surface area contributed by atoms with Gasteiger partial charge in [-0.25, -0.2) is 0 Å². The van der Waals surface area contributed by atoms with Gasteiger partial charge in [-0.05, 0) is 39.0 Å². The van der Waals surface area contributed by atoms with Gasteiger partial charge in [-0.3, -0.25) is 4.99 Å². The third-order valence-electron chi connectivity index (χ3n) is 3.95. The Kier molecular flexibility index (Phi) is 16.7. The Morgan fingerprint density at radius 3 is 2.35 bits per heavy atom. The van der Waals surface area contributed by atoms with Crippen molar-refractivity contribution in [2.75, 3.05) is 40.0 Å². The molecule has 1 fully saturated rings. The van der Waals surface area contributed by atoms with Gasteiger partial charge in [0.15, 0.2) is 5.96 Å². The lowest BCUT2D eigenvalue weighted by Gasteiger charge is -2.22. The van der Waals surface area contributed by atoms with Gasteiger partial charge in [0.05, 0.1) is 6.10 Å². The molecule has 1 saturated carbocycles. The lowest BCUT2D eigenvalue weighted by Crippen LogP contribution is -2.38. The lowest BCUT2D eigenvalue weighted by atomic mass is 9.98. The fourth-order valence-corrected chi connectivity index (χ4v) is 2.66. The van der Waals surface area contributed by atoms with E-state index >= 15 is 0 Å². The van der Waals surface area contributed by atoms with Gasteiger partial charge < -0.3 is 20.1 Å². The van der Waals surface area contributed by atoms with Gasteiger partial charge in [0.2, 0.25) is 0 Å². The molecule has 0 aromatic heterocycles. The van der Waals surface area contributed by atoms with Crippen LogP contribution in [0.25, 0.3) is 0 Å². The molecule has 0 radical (unpaired) electrons. The maximum atomic E-state index is 5.92. The van der Waals surface area contributed by atoms with Crippen LogP contribution < -0.4 is 10.6 Å². The van der Waals surface area contributed by atoms with Crippen LogP contribution >= 0.6 is 24.0 Å². The molecule has 2 N–H and O–H groups in total. The Bertz CT molecular complexity index is 285. The van der Waals surface area contributed by atoms with E-state index in [0.717, 1.165) is 58.1 Å². The summed E-state index contributed by atoms with van der Waals surface area (Å²) in [6.07, 6.45) is 10.3. The average Bonchev–Trinajstić information content (AvgIpc) is 2.56. The van der Waals surface area contributed by atoms with Crippen LogP contribution in [0.2, 0.25) is 0 Å². The number of rotatable bonds is 11. The molecule has 6 heteroatoms. The Morgan fingerprint density at radius 1 is 1.00 bits per heavy atom. The maximum absolute atomic E-state index is 5.92. The van der Waals surface area contributed by atoms with E-state index in [1.165, 1.54) is 32.1 Å². The van der Waals surface area contributed by atoms with Crippen LogP contribution in [0.4, 0.5) is 0 Å². The maximum Gasteiger partial charge on any atom is 0.190 e. The fourth-order valence-electron chi connectivity index (χ4n) is 2.66. The summed E-state index contributed by atoms with van der Waals surface area (Å²) in [4.78, 5) is 4.23. The molecule has 0 bridgehead atoms.